The lowest BCUT2D eigenvalue weighted by atomic mass is 10.0. The van der Waals surface area contributed by atoms with E-state index in [1.165, 1.54) is 25.3 Å². The fraction of sp³-hybridized carbons (Fsp3) is 0.154. The van der Waals surface area contributed by atoms with E-state index in [1.54, 1.807) is 0 Å². The van der Waals surface area contributed by atoms with Crippen molar-refractivity contribution in [2.24, 2.45) is 0 Å². The van der Waals surface area contributed by atoms with E-state index in [0.29, 0.717) is 5.56 Å². The number of halogens is 4. The minimum absolute atomic E-state index is 0.0771. The molecule has 0 fully saturated rings. The van der Waals surface area contributed by atoms with Crippen LogP contribution in [0.4, 0.5) is 17.6 Å². The van der Waals surface area contributed by atoms with Crippen LogP contribution in [0.2, 0.25) is 0 Å². The highest BCUT2D eigenvalue weighted by Gasteiger charge is 2.31. The van der Waals surface area contributed by atoms with Crippen LogP contribution in [0.3, 0.4) is 0 Å². The second-order valence-corrected chi connectivity index (χ2v) is 3.92. The third kappa shape index (κ3) is 2.50. The number of hydrogen-bond acceptors (Lipinski definition) is 1. The van der Waals surface area contributed by atoms with Gasteiger partial charge in [0.1, 0.15) is 11.5 Å². The molecule has 1 aromatic heterocycles. The maximum absolute atomic E-state index is 13.5. The summed E-state index contributed by atoms with van der Waals surface area (Å²) in [5, 5.41) is 0. The third-order valence-electron chi connectivity index (χ3n) is 2.44. The molecule has 0 aliphatic carbocycles. The van der Waals surface area contributed by atoms with Gasteiger partial charge in [-0.1, -0.05) is 0 Å². The predicted octanol–water partition coefficient (Wildman–Crippen LogP) is 4.21. The molecule has 0 aliphatic heterocycles. The summed E-state index contributed by atoms with van der Waals surface area (Å²) in [6.07, 6.45) is -3.11. The lowest BCUT2D eigenvalue weighted by Gasteiger charge is -2.10. The van der Waals surface area contributed by atoms with E-state index in [0.717, 1.165) is 18.2 Å². The summed E-state index contributed by atoms with van der Waals surface area (Å²) >= 11 is 0. The van der Waals surface area contributed by atoms with Crippen LogP contribution in [0.1, 0.15) is 11.1 Å². The van der Waals surface area contributed by atoms with Gasteiger partial charge in [-0.3, -0.25) is 4.98 Å². The first-order chi connectivity index (χ1) is 8.38. The normalized spacial score (nSPS) is 11.6. The molecule has 2 rings (SSSR count). The van der Waals surface area contributed by atoms with Crippen LogP contribution >= 0.6 is 0 Å². The van der Waals surface area contributed by atoms with Crippen molar-refractivity contribution in [3.05, 3.63) is 53.5 Å². The first-order valence-corrected chi connectivity index (χ1v) is 5.18. The van der Waals surface area contributed by atoms with Gasteiger partial charge in [0.25, 0.3) is 0 Å². The molecule has 1 heterocycles. The Kier molecular flexibility index (Phi) is 3.07. The van der Waals surface area contributed by atoms with Crippen molar-refractivity contribution in [3.63, 3.8) is 0 Å². The van der Waals surface area contributed by atoms with Gasteiger partial charge in [-0.2, -0.15) is 13.2 Å². The first kappa shape index (κ1) is 12.5. The van der Waals surface area contributed by atoms with Crippen LogP contribution < -0.4 is 0 Å². The number of pyridine rings is 1. The highest BCUT2D eigenvalue weighted by molar-refractivity contribution is 5.62. The van der Waals surface area contributed by atoms with Gasteiger partial charge >= 0.3 is 6.18 Å². The summed E-state index contributed by atoms with van der Waals surface area (Å²) in [4.78, 5) is 3.77. The van der Waals surface area contributed by atoms with Crippen molar-refractivity contribution in [3.8, 4) is 11.3 Å². The standard InChI is InChI=1S/C13H9F4N/c1-8-5-9(7-10(6-8)13(15,16)17)12-11(14)3-2-4-18-12/h2-7H,1H3. The van der Waals surface area contributed by atoms with Gasteiger partial charge in [-0.15, -0.1) is 0 Å². The van der Waals surface area contributed by atoms with Crippen molar-refractivity contribution >= 4 is 0 Å². The predicted molar refractivity (Wildman–Crippen MR) is 59.4 cm³/mol. The van der Waals surface area contributed by atoms with Gasteiger partial charge in [-0.05, 0) is 42.8 Å². The summed E-state index contributed by atoms with van der Waals surface area (Å²) in [5.41, 5.74) is -0.348. The quantitative estimate of drug-likeness (QED) is 0.695. The molecule has 0 atom stereocenters. The van der Waals surface area contributed by atoms with E-state index in [4.69, 9.17) is 0 Å². The number of rotatable bonds is 1. The van der Waals surface area contributed by atoms with Gasteiger partial charge in [0.2, 0.25) is 0 Å². The Hall–Kier alpha value is -1.91. The van der Waals surface area contributed by atoms with Crippen LogP contribution in [0.5, 0.6) is 0 Å². The van der Waals surface area contributed by atoms with Crippen molar-refractivity contribution < 1.29 is 17.6 Å². The van der Waals surface area contributed by atoms with Crippen LogP contribution in [-0.4, -0.2) is 4.98 Å². The fourth-order valence-corrected chi connectivity index (χ4v) is 1.68. The molecule has 2 aromatic rings. The maximum atomic E-state index is 13.5. The van der Waals surface area contributed by atoms with Crippen LogP contribution in [0, 0.1) is 12.7 Å². The average molecular weight is 255 g/mol. The minimum Gasteiger partial charge on any atom is -0.253 e. The topological polar surface area (TPSA) is 12.9 Å². The number of hydrogen-bond donors (Lipinski definition) is 0. The number of benzene rings is 1. The Morgan fingerprint density at radius 1 is 1.11 bits per heavy atom. The van der Waals surface area contributed by atoms with Gasteiger partial charge in [0.05, 0.1) is 5.56 Å². The van der Waals surface area contributed by atoms with E-state index in [1.807, 2.05) is 0 Å². The number of aromatic nitrogens is 1. The summed E-state index contributed by atoms with van der Waals surface area (Å²) in [6, 6.07) is 5.95. The highest BCUT2D eigenvalue weighted by Crippen LogP contribution is 2.33. The molecular formula is C13H9F4N. The van der Waals surface area contributed by atoms with Crippen LogP contribution in [0.15, 0.2) is 36.5 Å². The summed E-state index contributed by atoms with van der Waals surface area (Å²) in [6.45, 7) is 1.53. The summed E-state index contributed by atoms with van der Waals surface area (Å²) < 4.78 is 51.4. The molecule has 0 radical (unpaired) electrons. The smallest absolute Gasteiger partial charge is 0.253 e. The van der Waals surface area contributed by atoms with E-state index < -0.39 is 17.6 Å². The molecule has 18 heavy (non-hydrogen) atoms. The Bertz CT molecular complexity index is 575. The summed E-state index contributed by atoms with van der Waals surface area (Å²) in [7, 11) is 0. The molecule has 0 N–H and O–H groups in total. The lowest BCUT2D eigenvalue weighted by Crippen LogP contribution is -2.05. The second-order valence-electron chi connectivity index (χ2n) is 3.92. The molecular weight excluding hydrogens is 246 g/mol. The number of nitrogens with zero attached hydrogens (tertiary/aromatic N) is 1. The maximum Gasteiger partial charge on any atom is 0.416 e. The van der Waals surface area contributed by atoms with E-state index in [2.05, 4.69) is 4.98 Å². The molecule has 0 saturated carbocycles. The Balaban J connectivity index is 2.60. The SMILES string of the molecule is Cc1cc(-c2ncccc2F)cc(C(F)(F)F)c1. The molecule has 1 nitrogen and oxygen atoms in total. The Morgan fingerprint density at radius 2 is 1.83 bits per heavy atom. The molecule has 0 unspecified atom stereocenters. The molecule has 0 spiro atoms. The zero-order chi connectivity index (χ0) is 13.3. The molecule has 94 valence electrons. The third-order valence-corrected chi connectivity index (χ3v) is 2.44. The van der Waals surface area contributed by atoms with Gasteiger partial charge in [-0.25, -0.2) is 4.39 Å². The van der Waals surface area contributed by atoms with Crippen LogP contribution in [0.25, 0.3) is 11.3 Å². The summed E-state index contributed by atoms with van der Waals surface area (Å²) in [5.74, 6) is -0.642. The Morgan fingerprint density at radius 3 is 2.44 bits per heavy atom. The van der Waals surface area contributed by atoms with Crippen molar-refractivity contribution in [1.82, 2.24) is 4.98 Å². The van der Waals surface area contributed by atoms with E-state index >= 15 is 0 Å². The van der Waals surface area contributed by atoms with Gasteiger partial charge in [0.15, 0.2) is 0 Å². The van der Waals surface area contributed by atoms with Crippen molar-refractivity contribution in [2.75, 3.05) is 0 Å². The van der Waals surface area contributed by atoms with Gasteiger partial charge in [0, 0.05) is 11.8 Å². The number of aryl methyl sites for hydroxylation is 1. The monoisotopic (exact) mass is 255 g/mol. The first-order valence-electron chi connectivity index (χ1n) is 5.18. The molecule has 0 saturated heterocycles. The molecule has 0 amide bonds. The van der Waals surface area contributed by atoms with Crippen molar-refractivity contribution in [2.45, 2.75) is 13.1 Å². The largest absolute Gasteiger partial charge is 0.416 e. The average Bonchev–Trinajstić information content (AvgIpc) is 2.27. The zero-order valence-corrected chi connectivity index (χ0v) is 9.42. The fourth-order valence-electron chi connectivity index (χ4n) is 1.68. The van der Waals surface area contributed by atoms with Crippen LogP contribution in [-0.2, 0) is 6.18 Å². The molecule has 1 aromatic carbocycles. The Labute approximate surface area is 101 Å². The van der Waals surface area contributed by atoms with Gasteiger partial charge < -0.3 is 0 Å². The molecule has 5 heteroatoms. The second kappa shape index (κ2) is 4.40. The van der Waals surface area contributed by atoms with Crippen molar-refractivity contribution in [1.29, 1.82) is 0 Å². The number of alkyl halides is 3. The van der Waals surface area contributed by atoms with E-state index in [9.17, 15) is 17.6 Å². The molecule has 0 aliphatic rings. The van der Waals surface area contributed by atoms with E-state index in [-0.39, 0.29) is 11.3 Å². The lowest BCUT2D eigenvalue weighted by molar-refractivity contribution is -0.137. The molecule has 0 bridgehead atoms. The highest BCUT2D eigenvalue weighted by atomic mass is 19.4. The zero-order valence-electron chi connectivity index (χ0n) is 9.42. The minimum atomic E-state index is -4.45.